The van der Waals surface area contributed by atoms with Gasteiger partial charge < -0.3 is 15.4 Å². The van der Waals surface area contributed by atoms with Crippen molar-refractivity contribution in [2.45, 2.75) is 25.9 Å². The Morgan fingerprint density at radius 2 is 1.95 bits per heavy atom. The minimum atomic E-state index is -0.0702. The predicted octanol–water partition coefficient (Wildman–Crippen LogP) is 3.97. The van der Waals surface area contributed by atoms with E-state index in [0.29, 0.717) is 6.04 Å². The first kappa shape index (κ1) is 14.9. The van der Waals surface area contributed by atoms with E-state index >= 15 is 0 Å². The SMILES string of the molecule is COc1cccc(N(C)C(C)c2cccs2)c1C(C)N. The van der Waals surface area contributed by atoms with Gasteiger partial charge >= 0.3 is 0 Å². The second kappa shape index (κ2) is 6.29. The van der Waals surface area contributed by atoms with Gasteiger partial charge in [0.15, 0.2) is 0 Å². The highest BCUT2D eigenvalue weighted by molar-refractivity contribution is 7.10. The molecule has 0 radical (unpaired) electrons. The van der Waals surface area contributed by atoms with E-state index in [2.05, 4.69) is 42.5 Å². The fourth-order valence-corrected chi connectivity index (χ4v) is 3.23. The van der Waals surface area contributed by atoms with E-state index in [1.165, 1.54) is 4.88 Å². The Bertz CT molecular complexity index is 552. The summed E-state index contributed by atoms with van der Waals surface area (Å²) in [7, 11) is 3.79. The Hall–Kier alpha value is -1.52. The lowest BCUT2D eigenvalue weighted by Crippen LogP contribution is -2.24. The molecular formula is C16H22N2OS. The molecule has 0 amide bonds. The molecule has 0 aliphatic rings. The van der Waals surface area contributed by atoms with Crippen LogP contribution in [-0.4, -0.2) is 14.2 Å². The first-order chi connectivity index (χ1) is 9.56. The predicted molar refractivity (Wildman–Crippen MR) is 86.7 cm³/mol. The zero-order chi connectivity index (χ0) is 14.7. The summed E-state index contributed by atoms with van der Waals surface area (Å²) in [6.07, 6.45) is 0. The van der Waals surface area contributed by atoms with Gasteiger partial charge in [0.2, 0.25) is 0 Å². The number of rotatable bonds is 5. The summed E-state index contributed by atoms with van der Waals surface area (Å²) in [5.41, 5.74) is 8.33. The van der Waals surface area contributed by atoms with Crippen LogP contribution in [0.5, 0.6) is 5.75 Å². The number of benzene rings is 1. The van der Waals surface area contributed by atoms with Crippen LogP contribution in [0.1, 0.15) is 36.4 Å². The number of nitrogens with zero attached hydrogens (tertiary/aromatic N) is 1. The van der Waals surface area contributed by atoms with Crippen LogP contribution < -0.4 is 15.4 Å². The number of nitrogens with two attached hydrogens (primary N) is 1. The maximum atomic E-state index is 6.14. The highest BCUT2D eigenvalue weighted by Crippen LogP contribution is 2.37. The smallest absolute Gasteiger partial charge is 0.125 e. The minimum absolute atomic E-state index is 0.0702. The average Bonchev–Trinajstić information content (AvgIpc) is 2.98. The summed E-state index contributed by atoms with van der Waals surface area (Å²) in [6, 6.07) is 10.6. The monoisotopic (exact) mass is 290 g/mol. The molecule has 3 nitrogen and oxygen atoms in total. The van der Waals surface area contributed by atoms with E-state index in [-0.39, 0.29) is 6.04 Å². The maximum Gasteiger partial charge on any atom is 0.125 e. The van der Waals surface area contributed by atoms with E-state index in [9.17, 15) is 0 Å². The lowest BCUT2D eigenvalue weighted by Gasteiger charge is -2.30. The van der Waals surface area contributed by atoms with Crippen LogP contribution in [0.2, 0.25) is 0 Å². The summed E-state index contributed by atoms with van der Waals surface area (Å²) in [4.78, 5) is 3.60. The fourth-order valence-electron chi connectivity index (χ4n) is 2.40. The molecule has 0 saturated carbocycles. The fraction of sp³-hybridized carbons (Fsp3) is 0.375. The standard InChI is InChI=1S/C16H22N2OS/c1-11(17)16-13(7-5-8-14(16)19-4)18(3)12(2)15-9-6-10-20-15/h5-12H,17H2,1-4H3. The molecule has 2 N–H and O–H groups in total. The van der Waals surface area contributed by atoms with Gasteiger partial charge in [-0.3, -0.25) is 0 Å². The van der Waals surface area contributed by atoms with Crippen LogP contribution in [0.4, 0.5) is 5.69 Å². The van der Waals surface area contributed by atoms with Gasteiger partial charge in [-0.2, -0.15) is 0 Å². The maximum absolute atomic E-state index is 6.14. The second-order valence-corrected chi connectivity index (χ2v) is 5.96. The summed E-state index contributed by atoms with van der Waals surface area (Å²) in [6.45, 7) is 4.20. The molecule has 4 heteroatoms. The van der Waals surface area contributed by atoms with Crippen LogP contribution in [-0.2, 0) is 0 Å². The van der Waals surface area contributed by atoms with Gasteiger partial charge in [-0.05, 0) is 37.4 Å². The lowest BCUT2D eigenvalue weighted by molar-refractivity contribution is 0.407. The Balaban J connectivity index is 2.41. The van der Waals surface area contributed by atoms with E-state index in [0.717, 1.165) is 17.0 Å². The van der Waals surface area contributed by atoms with Crippen molar-refractivity contribution in [1.82, 2.24) is 0 Å². The van der Waals surface area contributed by atoms with Gasteiger partial charge in [0.25, 0.3) is 0 Å². The molecule has 0 aliphatic carbocycles. The van der Waals surface area contributed by atoms with Gasteiger partial charge in [0, 0.05) is 29.2 Å². The van der Waals surface area contributed by atoms with E-state index in [1.807, 2.05) is 19.1 Å². The molecule has 2 unspecified atom stereocenters. The molecule has 0 saturated heterocycles. The van der Waals surface area contributed by atoms with Crippen LogP contribution in [0.3, 0.4) is 0 Å². The van der Waals surface area contributed by atoms with Crippen molar-refractivity contribution in [3.63, 3.8) is 0 Å². The molecule has 0 spiro atoms. The molecule has 0 fully saturated rings. The first-order valence-electron chi connectivity index (χ1n) is 6.75. The van der Waals surface area contributed by atoms with E-state index < -0.39 is 0 Å². The van der Waals surface area contributed by atoms with Gasteiger partial charge in [-0.15, -0.1) is 11.3 Å². The molecule has 108 valence electrons. The third-order valence-electron chi connectivity index (χ3n) is 3.63. The molecule has 0 aliphatic heterocycles. The largest absolute Gasteiger partial charge is 0.496 e. The molecule has 1 aromatic heterocycles. The van der Waals surface area contributed by atoms with Crippen molar-refractivity contribution in [2.24, 2.45) is 5.73 Å². The van der Waals surface area contributed by atoms with E-state index in [4.69, 9.17) is 10.5 Å². The lowest BCUT2D eigenvalue weighted by atomic mass is 10.0. The summed E-state index contributed by atoms with van der Waals surface area (Å²) in [5.74, 6) is 0.850. The van der Waals surface area contributed by atoms with Crippen molar-refractivity contribution < 1.29 is 4.74 Å². The number of methoxy groups -OCH3 is 1. The van der Waals surface area contributed by atoms with Crippen molar-refractivity contribution in [1.29, 1.82) is 0 Å². The Morgan fingerprint density at radius 1 is 1.20 bits per heavy atom. The minimum Gasteiger partial charge on any atom is -0.496 e. The van der Waals surface area contributed by atoms with Gasteiger partial charge in [0.05, 0.1) is 13.2 Å². The van der Waals surface area contributed by atoms with Crippen LogP contribution in [0.15, 0.2) is 35.7 Å². The number of hydrogen-bond acceptors (Lipinski definition) is 4. The molecule has 20 heavy (non-hydrogen) atoms. The summed E-state index contributed by atoms with van der Waals surface area (Å²) in [5, 5.41) is 2.11. The van der Waals surface area contributed by atoms with Gasteiger partial charge in [0.1, 0.15) is 5.75 Å². The summed E-state index contributed by atoms with van der Waals surface area (Å²) < 4.78 is 5.46. The highest BCUT2D eigenvalue weighted by atomic mass is 32.1. The molecule has 1 heterocycles. The highest BCUT2D eigenvalue weighted by Gasteiger charge is 2.20. The van der Waals surface area contributed by atoms with Gasteiger partial charge in [-0.1, -0.05) is 12.1 Å². The molecule has 2 rings (SSSR count). The zero-order valence-corrected chi connectivity index (χ0v) is 13.3. The topological polar surface area (TPSA) is 38.5 Å². The third kappa shape index (κ3) is 2.81. The Kier molecular flexibility index (Phi) is 4.68. The number of thiophene rings is 1. The molecule has 2 atom stereocenters. The Morgan fingerprint density at radius 3 is 2.50 bits per heavy atom. The number of hydrogen-bond donors (Lipinski definition) is 1. The van der Waals surface area contributed by atoms with E-state index in [1.54, 1.807) is 18.4 Å². The van der Waals surface area contributed by atoms with Crippen molar-refractivity contribution in [3.05, 3.63) is 46.2 Å². The van der Waals surface area contributed by atoms with Crippen LogP contribution in [0, 0.1) is 0 Å². The quantitative estimate of drug-likeness (QED) is 0.905. The third-order valence-corrected chi connectivity index (χ3v) is 4.68. The zero-order valence-electron chi connectivity index (χ0n) is 12.5. The Labute approximate surface area is 125 Å². The average molecular weight is 290 g/mol. The van der Waals surface area contributed by atoms with Crippen molar-refractivity contribution in [2.75, 3.05) is 19.1 Å². The number of ether oxygens (including phenoxy) is 1. The van der Waals surface area contributed by atoms with Crippen molar-refractivity contribution >= 4 is 17.0 Å². The van der Waals surface area contributed by atoms with Crippen molar-refractivity contribution in [3.8, 4) is 5.75 Å². The normalized spacial score (nSPS) is 13.8. The number of anilines is 1. The first-order valence-corrected chi connectivity index (χ1v) is 7.63. The van der Waals surface area contributed by atoms with Gasteiger partial charge in [-0.25, -0.2) is 0 Å². The van der Waals surface area contributed by atoms with Crippen LogP contribution >= 0.6 is 11.3 Å². The van der Waals surface area contributed by atoms with Crippen LogP contribution in [0.25, 0.3) is 0 Å². The summed E-state index contributed by atoms with van der Waals surface area (Å²) >= 11 is 1.77. The molecule has 0 bridgehead atoms. The molecule has 1 aromatic carbocycles. The second-order valence-electron chi connectivity index (χ2n) is 4.98. The molecular weight excluding hydrogens is 268 g/mol. The molecule has 2 aromatic rings.